The van der Waals surface area contributed by atoms with Crippen LogP contribution in [0.1, 0.15) is 0 Å². The van der Waals surface area contributed by atoms with Gasteiger partial charge in [-0.25, -0.2) is 14.7 Å². The molecule has 1 aromatic carbocycles. The van der Waals surface area contributed by atoms with Gasteiger partial charge in [-0.05, 0) is 12.1 Å². The SMILES string of the molecule is C[N+](C)(C)CCNP(=O)(NCC[N+](C)(C)C)Oc1ccccc1. The van der Waals surface area contributed by atoms with Gasteiger partial charge in [-0.3, -0.25) is 0 Å². The van der Waals surface area contributed by atoms with Gasteiger partial charge >= 0.3 is 7.67 Å². The van der Waals surface area contributed by atoms with E-state index in [9.17, 15) is 4.57 Å². The molecule has 132 valence electrons. The molecule has 0 bridgehead atoms. The van der Waals surface area contributed by atoms with E-state index in [4.69, 9.17) is 4.52 Å². The summed E-state index contributed by atoms with van der Waals surface area (Å²) in [6.45, 7) is 2.95. The van der Waals surface area contributed by atoms with Crippen LogP contribution in [0.5, 0.6) is 5.75 Å². The summed E-state index contributed by atoms with van der Waals surface area (Å²) in [6.07, 6.45) is 0. The zero-order valence-corrected chi connectivity index (χ0v) is 16.3. The van der Waals surface area contributed by atoms with Gasteiger partial charge in [-0.15, -0.1) is 0 Å². The predicted molar refractivity (Wildman–Crippen MR) is 96.5 cm³/mol. The molecule has 0 aliphatic heterocycles. The summed E-state index contributed by atoms with van der Waals surface area (Å²) in [6, 6.07) is 9.29. The number of nitrogens with zero attached hydrogens (tertiary/aromatic N) is 2. The summed E-state index contributed by atoms with van der Waals surface area (Å²) in [5.74, 6) is 0.603. The van der Waals surface area contributed by atoms with Crippen molar-refractivity contribution in [2.75, 3.05) is 68.5 Å². The van der Waals surface area contributed by atoms with Crippen molar-refractivity contribution in [2.24, 2.45) is 0 Å². The van der Waals surface area contributed by atoms with Crippen LogP contribution in [0.2, 0.25) is 0 Å². The number of hydrogen-bond donors (Lipinski definition) is 2. The van der Waals surface area contributed by atoms with Crippen LogP contribution < -0.4 is 14.7 Å². The number of rotatable bonds is 10. The smallest absolute Gasteiger partial charge is 0.390 e. The van der Waals surface area contributed by atoms with Crippen molar-refractivity contribution in [3.63, 3.8) is 0 Å². The van der Waals surface area contributed by atoms with Gasteiger partial charge in [-0.2, -0.15) is 0 Å². The molecule has 0 aromatic heterocycles. The lowest BCUT2D eigenvalue weighted by molar-refractivity contribution is -0.869. The van der Waals surface area contributed by atoms with Gasteiger partial charge < -0.3 is 13.5 Å². The van der Waals surface area contributed by atoms with E-state index >= 15 is 0 Å². The Morgan fingerprint density at radius 2 is 1.30 bits per heavy atom. The molecule has 0 unspecified atom stereocenters. The maximum absolute atomic E-state index is 13.1. The Hall–Kier alpha value is -0.910. The molecule has 0 aliphatic carbocycles. The van der Waals surface area contributed by atoms with Crippen molar-refractivity contribution in [3.05, 3.63) is 30.3 Å². The van der Waals surface area contributed by atoms with Gasteiger partial charge in [0.1, 0.15) is 5.75 Å². The standard InChI is InChI=1S/C16H33N4O2P/c1-19(2,3)14-12-17-23(21,18-13-15-20(4,5)6)22-16-10-8-7-9-11-16/h7-11H,12-15H2,1-6H3,(H2,17,18,21)/q+2. The van der Waals surface area contributed by atoms with Gasteiger partial charge in [0, 0.05) is 0 Å². The summed E-state index contributed by atoms with van der Waals surface area (Å²) in [5.41, 5.74) is 0. The van der Waals surface area contributed by atoms with Crippen LogP contribution in [0.15, 0.2) is 30.3 Å². The minimum absolute atomic E-state index is 0.603. The zero-order valence-electron chi connectivity index (χ0n) is 15.4. The highest BCUT2D eigenvalue weighted by Crippen LogP contribution is 2.38. The molecular formula is C16H33N4O2P+2. The second-order valence-electron chi connectivity index (χ2n) is 7.80. The fourth-order valence-corrected chi connectivity index (χ4v) is 3.26. The minimum Gasteiger partial charge on any atom is -0.422 e. The summed E-state index contributed by atoms with van der Waals surface area (Å²) in [7, 11) is 9.50. The van der Waals surface area contributed by atoms with Crippen molar-refractivity contribution < 1.29 is 18.1 Å². The average molecular weight is 344 g/mol. The predicted octanol–water partition coefficient (Wildman–Crippen LogP) is 1.77. The largest absolute Gasteiger partial charge is 0.422 e. The first-order valence-corrected chi connectivity index (χ1v) is 9.57. The number of hydrogen-bond acceptors (Lipinski definition) is 2. The normalized spacial score (nSPS) is 13.1. The monoisotopic (exact) mass is 344 g/mol. The molecule has 2 N–H and O–H groups in total. The zero-order chi connectivity index (χ0) is 17.6. The van der Waals surface area contributed by atoms with Crippen LogP contribution in [0, 0.1) is 0 Å². The number of likely N-dealkylation sites (N-methyl/N-ethyl adjacent to an activating group) is 2. The molecule has 0 saturated carbocycles. The Morgan fingerprint density at radius 3 is 1.70 bits per heavy atom. The van der Waals surface area contributed by atoms with Crippen molar-refractivity contribution in [1.29, 1.82) is 0 Å². The molecule has 23 heavy (non-hydrogen) atoms. The van der Waals surface area contributed by atoms with Crippen LogP contribution >= 0.6 is 7.67 Å². The molecule has 0 heterocycles. The quantitative estimate of drug-likeness (QED) is 0.502. The maximum Gasteiger partial charge on any atom is 0.390 e. The number of para-hydroxylation sites is 1. The molecule has 0 atom stereocenters. The van der Waals surface area contributed by atoms with Crippen LogP contribution in [0.4, 0.5) is 0 Å². The molecule has 0 spiro atoms. The van der Waals surface area contributed by atoms with E-state index in [2.05, 4.69) is 52.5 Å². The lowest BCUT2D eigenvalue weighted by Crippen LogP contribution is -2.43. The first kappa shape index (κ1) is 20.1. The first-order chi connectivity index (χ1) is 10.5. The minimum atomic E-state index is -3.13. The van der Waals surface area contributed by atoms with E-state index in [0.717, 1.165) is 22.1 Å². The molecule has 0 aliphatic rings. The summed E-state index contributed by atoms with van der Waals surface area (Å²) in [5, 5.41) is 6.17. The second-order valence-corrected chi connectivity index (χ2v) is 9.72. The van der Waals surface area contributed by atoms with Crippen molar-refractivity contribution in [1.82, 2.24) is 10.2 Å². The molecule has 0 fully saturated rings. The fourth-order valence-electron chi connectivity index (χ4n) is 1.82. The molecule has 0 saturated heterocycles. The third-order valence-corrected chi connectivity index (χ3v) is 4.93. The van der Waals surface area contributed by atoms with Crippen LogP contribution in [-0.4, -0.2) is 77.4 Å². The Balaban J connectivity index is 2.68. The first-order valence-electron chi connectivity index (χ1n) is 7.95. The third kappa shape index (κ3) is 9.74. The fraction of sp³-hybridized carbons (Fsp3) is 0.625. The number of benzene rings is 1. The highest BCUT2D eigenvalue weighted by Gasteiger charge is 2.25. The van der Waals surface area contributed by atoms with Crippen molar-refractivity contribution >= 4 is 7.67 Å². The molecule has 1 rings (SSSR count). The van der Waals surface area contributed by atoms with Gasteiger partial charge in [-0.1, -0.05) is 18.2 Å². The van der Waals surface area contributed by atoms with Crippen molar-refractivity contribution in [2.45, 2.75) is 0 Å². The van der Waals surface area contributed by atoms with Crippen molar-refractivity contribution in [3.8, 4) is 5.75 Å². The van der Waals surface area contributed by atoms with E-state index in [-0.39, 0.29) is 0 Å². The molecule has 7 heteroatoms. The Bertz CT molecular complexity index is 485. The number of quaternary nitrogens is 2. The lowest BCUT2D eigenvalue weighted by Gasteiger charge is -2.28. The number of nitrogens with one attached hydrogen (secondary N) is 2. The molecule has 1 aromatic rings. The summed E-state index contributed by atoms with van der Waals surface area (Å²) < 4.78 is 20.5. The second kappa shape index (κ2) is 8.27. The van der Waals surface area contributed by atoms with E-state index in [0.29, 0.717) is 18.8 Å². The lowest BCUT2D eigenvalue weighted by atomic mass is 10.3. The van der Waals surface area contributed by atoms with E-state index < -0.39 is 7.67 Å². The Morgan fingerprint density at radius 1 is 0.870 bits per heavy atom. The average Bonchev–Trinajstić information content (AvgIpc) is 2.36. The van der Waals surface area contributed by atoms with E-state index in [1.165, 1.54) is 0 Å². The van der Waals surface area contributed by atoms with Gasteiger partial charge in [0.15, 0.2) is 0 Å². The molecular weight excluding hydrogens is 311 g/mol. The van der Waals surface area contributed by atoms with Gasteiger partial charge in [0.25, 0.3) is 0 Å². The van der Waals surface area contributed by atoms with Crippen LogP contribution in [0.25, 0.3) is 0 Å². The summed E-state index contributed by atoms with van der Waals surface area (Å²) >= 11 is 0. The van der Waals surface area contributed by atoms with Crippen LogP contribution in [-0.2, 0) is 4.57 Å². The Kier molecular flexibility index (Phi) is 7.24. The molecule has 6 nitrogen and oxygen atoms in total. The highest BCUT2D eigenvalue weighted by molar-refractivity contribution is 7.55. The van der Waals surface area contributed by atoms with E-state index in [1.807, 2.05) is 30.3 Å². The highest BCUT2D eigenvalue weighted by atomic mass is 31.2. The topological polar surface area (TPSA) is 50.4 Å². The molecule has 0 radical (unpaired) electrons. The van der Waals surface area contributed by atoms with E-state index in [1.54, 1.807) is 0 Å². The Labute approximate surface area is 141 Å². The maximum atomic E-state index is 13.1. The summed E-state index contributed by atoms with van der Waals surface area (Å²) in [4.78, 5) is 0. The molecule has 0 amide bonds. The van der Waals surface area contributed by atoms with Crippen LogP contribution in [0.3, 0.4) is 0 Å². The third-order valence-electron chi connectivity index (χ3n) is 3.18. The van der Waals surface area contributed by atoms with Gasteiger partial charge in [0.2, 0.25) is 0 Å². The van der Waals surface area contributed by atoms with Gasteiger partial charge in [0.05, 0.1) is 68.5 Å².